The molecule has 34 heavy (non-hydrogen) atoms. The van der Waals surface area contributed by atoms with Gasteiger partial charge in [0.2, 0.25) is 11.8 Å². The number of likely N-dealkylation sites (tertiary alicyclic amines) is 1. The van der Waals surface area contributed by atoms with Gasteiger partial charge in [-0.3, -0.25) is 9.59 Å². The van der Waals surface area contributed by atoms with Crippen LogP contribution in [0.3, 0.4) is 0 Å². The number of nitrogens with zero attached hydrogens (tertiary/aromatic N) is 2. The Morgan fingerprint density at radius 3 is 2.76 bits per heavy atom. The van der Waals surface area contributed by atoms with Gasteiger partial charge in [0.15, 0.2) is 0 Å². The fourth-order valence-corrected chi connectivity index (χ4v) is 4.32. The molecule has 3 aromatic rings. The highest BCUT2D eigenvalue weighted by molar-refractivity contribution is 5.78. The summed E-state index contributed by atoms with van der Waals surface area (Å²) in [6.07, 6.45) is 4.89. The van der Waals surface area contributed by atoms with Crippen LogP contribution in [0.5, 0.6) is 0 Å². The van der Waals surface area contributed by atoms with E-state index in [2.05, 4.69) is 10.3 Å². The lowest BCUT2D eigenvalue weighted by atomic mass is 10.1. The van der Waals surface area contributed by atoms with Gasteiger partial charge in [0.25, 0.3) is 0 Å². The molecule has 1 unspecified atom stereocenters. The molecule has 1 atom stereocenters. The Morgan fingerprint density at radius 1 is 1.12 bits per heavy atom. The maximum absolute atomic E-state index is 12.9. The molecule has 0 saturated carbocycles. The van der Waals surface area contributed by atoms with E-state index in [1.165, 1.54) is 12.1 Å². The molecule has 0 spiro atoms. The number of rotatable bonds is 11. The lowest BCUT2D eigenvalue weighted by Gasteiger charge is -2.23. The number of carbonyl (C=O) groups is 2. The van der Waals surface area contributed by atoms with E-state index in [9.17, 15) is 14.0 Å². The molecular weight excluding hydrogens is 435 g/mol. The van der Waals surface area contributed by atoms with Crippen LogP contribution < -0.4 is 5.32 Å². The van der Waals surface area contributed by atoms with E-state index >= 15 is 0 Å². The van der Waals surface area contributed by atoms with Gasteiger partial charge in [0.05, 0.1) is 23.7 Å². The van der Waals surface area contributed by atoms with Crippen molar-refractivity contribution in [3.05, 3.63) is 65.7 Å². The van der Waals surface area contributed by atoms with Crippen LogP contribution in [0.4, 0.5) is 4.39 Å². The fraction of sp³-hybridized carbons (Fsp3) is 0.423. The van der Waals surface area contributed by atoms with Crippen LogP contribution in [0.15, 0.2) is 48.5 Å². The fourth-order valence-electron chi connectivity index (χ4n) is 4.32. The van der Waals surface area contributed by atoms with Crippen LogP contribution in [0.25, 0.3) is 11.0 Å². The zero-order valence-electron chi connectivity index (χ0n) is 19.3. The number of unbranched alkanes of at least 4 members (excludes halogenated alkanes) is 2. The van der Waals surface area contributed by atoms with Crippen molar-refractivity contribution in [2.45, 2.75) is 51.2 Å². The van der Waals surface area contributed by atoms with Gasteiger partial charge >= 0.3 is 0 Å². The van der Waals surface area contributed by atoms with Gasteiger partial charge in [-0.1, -0.05) is 30.7 Å². The Labute approximate surface area is 198 Å². The predicted molar refractivity (Wildman–Crippen MR) is 127 cm³/mol. The maximum atomic E-state index is 12.9. The van der Waals surface area contributed by atoms with Crippen LogP contribution in [0, 0.1) is 5.82 Å². The van der Waals surface area contributed by atoms with Crippen molar-refractivity contribution in [3.63, 3.8) is 0 Å². The van der Waals surface area contributed by atoms with E-state index in [1.54, 1.807) is 12.1 Å². The molecule has 2 aromatic carbocycles. The number of fused-ring (bicyclic) bond motifs is 1. The number of H-pyrrole nitrogens is 1. The standard InChI is InChI=1S/C26H31FN4O3/c27-20-13-11-19(12-14-20)17-34-18-24(32)28-15-5-1-2-10-25(33)31-16-6-9-23(31)26-29-21-7-3-4-8-22(21)30-26/h3-4,7-8,11-14,23H,1-2,5-6,9-10,15-18H2,(H,28,32)(H,29,30). The average Bonchev–Trinajstić information content (AvgIpc) is 3.49. The summed E-state index contributed by atoms with van der Waals surface area (Å²) < 4.78 is 18.2. The molecule has 1 fully saturated rings. The molecular formula is C26H31FN4O3. The lowest BCUT2D eigenvalue weighted by molar-refractivity contribution is -0.132. The summed E-state index contributed by atoms with van der Waals surface area (Å²) in [4.78, 5) is 34.7. The number of nitrogens with one attached hydrogen (secondary N) is 2. The summed E-state index contributed by atoms with van der Waals surface area (Å²) >= 11 is 0. The van der Waals surface area contributed by atoms with Gasteiger partial charge in [-0.15, -0.1) is 0 Å². The minimum absolute atomic E-state index is 0.0223. The second kappa shape index (κ2) is 11.7. The van der Waals surface area contributed by atoms with Gasteiger partial charge in [0, 0.05) is 19.5 Å². The van der Waals surface area contributed by atoms with Crippen molar-refractivity contribution < 1.29 is 18.7 Å². The summed E-state index contributed by atoms with van der Waals surface area (Å²) in [6, 6.07) is 14.0. The minimum atomic E-state index is -0.297. The number of imidazole rings is 1. The number of ether oxygens (including phenoxy) is 1. The van der Waals surface area contributed by atoms with Crippen molar-refractivity contribution in [1.82, 2.24) is 20.2 Å². The highest BCUT2D eigenvalue weighted by Crippen LogP contribution is 2.32. The monoisotopic (exact) mass is 466 g/mol. The Kier molecular flexibility index (Phi) is 8.25. The summed E-state index contributed by atoms with van der Waals surface area (Å²) in [5.41, 5.74) is 2.75. The molecule has 0 aliphatic carbocycles. The van der Waals surface area contributed by atoms with E-state index in [0.717, 1.165) is 61.1 Å². The molecule has 0 radical (unpaired) electrons. The Balaban J connectivity index is 1.10. The zero-order chi connectivity index (χ0) is 23.8. The van der Waals surface area contributed by atoms with E-state index in [-0.39, 0.29) is 36.9 Å². The third-order valence-electron chi connectivity index (χ3n) is 6.10. The second-order valence-corrected chi connectivity index (χ2v) is 8.66. The van der Waals surface area contributed by atoms with Crippen molar-refractivity contribution in [3.8, 4) is 0 Å². The van der Waals surface area contributed by atoms with Gasteiger partial charge < -0.3 is 19.9 Å². The minimum Gasteiger partial charge on any atom is -0.367 e. The summed E-state index contributed by atoms with van der Waals surface area (Å²) in [6.45, 7) is 1.56. The average molecular weight is 467 g/mol. The largest absolute Gasteiger partial charge is 0.367 e. The third kappa shape index (κ3) is 6.41. The summed E-state index contributed by atoms with van der Waals surface area (Å²) in [7, 11) is 0. The van der Waals surface area contributed by atoms with Crippen molar-refractivity contribution >= 4 is 22.8 Å². The van der Waals surface area contributed by atoms with E-state index in [0.29, 0.717) is 13.0 Å². The van der Waals surface area contributed by atoms with Crippen molar-refractivity contribution in [2.24, 2.45) is 0 Å². The molecule has 1 aliphatic heterocycles. The first-order chi connectivity index (χ1) is 16.6. The maximum Gasteiger partial charge on any atom is 0.246 e. The molecule has 4 rings (SSSR count). The van der Waals surface area contributed by atoms with E-state index < -0.39 is 0 Å². The number of aromatic nitrogens is 2. The van der Waals surface area contributed by atoms with Crippen LogP contribution in [0.1, 0.15) is 56.0 Å². The molecule has 8 heteroatoms. The quantitative estimate of drug-likeness (QED) is 0.414. The molecule has 0 bridgehead atoms. The number of carbonyl (C=O) groups excluding carboxylic acids is 2. The van der Waals surface area contributed by atoms with Crippen LogP contribution in [0.2, 0.25) is 0 Å². The number of benzene rings is 2. The Bertz CT molecular complexity index is 1070. The van der Waals surface area contributed by atoms with Crippen LogP contribution in [-0.2, 0) is 20.9 Å². The lowest BCUT2D eigenvalue weighted by Crippen LogP contribution is -2.31. The van der Waals surface area contributed by atoms with Gasteiger partial charge in [-0.05, 0) is 55.5 Å². The van der Waals surface area contributed by atoms with Crippen LogP contribution >= 0.6 is 0 Å². The Morgan fingerprint density at radius 2 is 1.94 bits per heavy atom. The van der Waals surface area contributed by atoms with Gasteiger partial charge in [0.1, 0.15) is 18.2 Å². The van der Waals surface area contributed by atoms with Gasteiger partial charge in [-0.2, -0.15) is 0 Å². The highest BCUT2D eigenvalue weighted by atomic mass is 19.1. The van der Waals surface area contributed by atoms with Crippen LogP contribution in [-0.4, -0.2) is 46.4 Å². The molecule has 2 amide bonds. The predicted octanol–water partition coefficient (Wildman–Crippen LogP) is 4.26. The SMILES string of the molecule is O=C(COCc1ccc(F)cc1)NCCCCCC(=O)N1CCCC1c1nc2ccccc2[nH]1. The highest BCUT2D eigenvalue weighted by Gasteiger charge is 2.31. The van der Waals surface area contributed by atoms with E-state index in [1.807, 2.05) is 29.2 Å². The summed E-state index contributed by atoms with van der Waals surface area (Å²) in [5, 5.41) is 2.83. The summed E-state index contributed by atoms with van der Waals surface area (Å²) in [5.74, 6) is 0.566. The molecule has 1 aromatic heterocycles. The molecule has 1 saturated heterocycles. The van der Waals surface area contributed by atoms with Gasteiger partial charge in [-0.25, -0.2) is 9.37 Å². The number of aromatic amines is 1. The third-order valence-corrected chi connectivity index (χ3v) is 6.10. The first-order valence-corrected chi connectivity index (χ1v) is 11.9. The first-order valence-electron chi connectivity index (χ1n) is 11.9. The number of hydrogen-bond acceptors (Lipinski definition) is 4. The van der Waals surface area contributed by atoms with Crippen molar-refractivity contribution in [2.75, 3.05) is 19.7 Å². The molecule has 2 N–H and O–H groups in total. The molecule has 2 heterocycles. The molecule has 7 nitrogen and oxygen atoms in total. The number of para-hydroxylation sites is 2. The smallest absolute Gasteiger partial charge is 0.246 e. The first kappa shape index (κ1) is 23.9. The molecule has 180 valence electrons. The number of amides is 2. The topological polar surface area (TPSA) is 87.3 Å². The Hall–Kier alpha value is -3.26. The molecule has 1 aliphatic rings. The normalized spacial score (nSPS) is 15.7. The number of halogens is 1. The number of hydrogen-bond donors (Lipinski definition) is 2. The van der Waals surface area contributed by atoms with Crippen molar-refractivity contribution in [1.29, 1.82) is 0 Å². The second-order valence-electron chi connectivity index (χ2n) is 8.66. The zero-order valence-corrected chi connectivity index (χ0v) is 19.3. The van der Waals surface area contributed by atoms with E-state index in [4.69, 9.17) is 9.72 Å².